The minimum absolute atomic E-state index is 0.257. The Kier molecular flexibility index (Phi) is 4.67. The highest BCUT2D eigenvalue weighted by atomic mass is 32.2. The van der Waals surface area contributed by atoms with Crippen LogP contribution in [0, 0.1) is 0 Å². The van der Waals surface area contributed by atoms with Crippen LogP contribution in [0.1, 0.15) is 5.56 Å². The van der Waals surface area contributed by atoms with Gasteiger partial charge < -0.3 is 14.8 Å². The summed E-state index contributed by atoms with van der Waals surface area (Å²) in [6.45, 7) is -0.0345. The van der Waals surface area contributed by atoms with Gasteiger partial charge >= 0.3 is 0 Å². The molecule has 0 bridgehead atoms. The molecule has 2 heterocycles. The van der Waals surface area contributed by atoms with Gasteiger partial charge in [0.2, 0.25) is 0 Å². The average Bonchev–Trinajstić information content (AvgIpc) is 2.97. The third-order valence-electron chi connectivity index (χ3n) is 3.20. The van der Waals surface area contributed by atoms with E-state index in [-0.39, 0.29) is 13.2 Å². The number of thioether (sulfide) groups is 1. The Bertz CT molecular complexity index is 748. The molecule has 0 fully saturated rings. The molecule has 0 saturated heterocycles. The average molecular weight is 316 g/mol. The minimum Gasteiger partial charge on any atom is -0.394 e. The molecule has 3 rings (SSSR count). The predicted octanol–water partition coefficient (Wildman–Crippen LogP) is 1.47. The first-order chi connectivity index (χ1) is 10.8. The Hall–Kier alpha value is -1.96. The van der Waals surface area contributed by atoms with Crippen LogP contribution in [0.25, 0.3) is 11.2 Å². The van der Waals surface area contributed by atoms with Crippen molar-refractivity contribution >= 4 is 22.9 Å². The maximum absolute atomic E-state index is 9.56. The van der Waals surface area contributed by atoms with Gasteiger partial charge in [0.25, 0.3) is 0 Å². The van der Waals surface area contributed by atoms with Gasteiger partial charge in [-0.2, -0.15) is 0 Å². The summed E-state index contributed by atoms with van der Waals surface area (Å²) in [5.74, 6) is 0.805. The fourth-order valence-electron chi connectivity index (χ4n) is 2.11. The highest BCUT2D eigenvalue weighted by molar-refractivity contribution is 7.98. The highest BCUT2D eigenvalue weighted by Crippen LogP contribution is 2.26. The fourth-order valence-corrected chi connectivity index (χ4v) is 3.01. The van der Waals surface area contributed by atoms with E-state index in [1.807, 2.05) is 18.2 Å². The van der Waals surface area contributed by atoms with Gasteiger partial charge in [0, 0.05) is 5.75 Å². The molecule has 0 aliphatic carbocycles. The van der Waals surface area contributed by atoms with Gasteiger partial charge in [-0.05, 0) is 5.56 Å². The van der Waals surface area contributed by atoms with E-state index < -0.39 is 6.10 Å². The summed E-state index contributed by atoms with van der Waals surface area (Å²) >= 11 is 1.60. The van der Waals surface area contributed by atoms with Crippen molar-refractivity contribution in [2.24, 2.45) is 0 Å². The second kappa shape index (κ2) is 6.87. The quantitative estimate of drug-likeness (QED) is 0.529. The van der Waals surface area contributed by atoms with E-state index in [1.54, 1.807) is 22.7 Å². The van der Waals surface area contributed by atoms with Crippen molar-refractivity contribution in [3.8, 4) is 0 Å². The standard InChI is InChI=1S/C15H16N4O2S/c20-7-12(21)6-19-10-18-13-14(19)16-9-17-15(13)22-8-11-4-2-1-3-5-11/h1-5,9-10,12,20-21H,6-8H2. The molecule has 0 amide bonds. The molecule has 1 unspecified atom stereocenters. The molecule has 3 aromatic rings. The number of fused-ring (bicyclic) bond motifs is 1. The monoisotopic (exact) mass is 316 g/mol. The third-order valence-corrected chi connectivity index (χ3v) is 4.25. The fraction of sp³-hybridized carbons (Fsp3) is 0.267. The lowest BCUT2D eigenvalue weighted by Crippen LogP contribution is -2.19. The lowest BCUT2D eigenvalue weighted by Gasteiger charge is -2.08. The number of imidazole rings is 1. The number of aromatic nitrogens is 4. The number of nitrogens with zero attached hydrogens (tertiary/aromatic N) is 4. The normalized spacial score (nSPS) is 12.6. The third kappa shape index (κ3) is 3.27. The first-order valence-electron chi connectivity index (χ1n) is 6.89. The summed E-state index contributed by atoms with van der Waals surface area (Å²) in [7, 11) is 0. The zero-order valence-electron chi connectivity index (χ0n) is 11.8. The van der Waals surface area contributed by atoms with E-state index in [1.165, 1.54) is 11.9 Å². The lowest BCUT2D eigenvalue weighted by atomic mass is 10.2. The molecule has 2 aromatic heterocycles. The summed E-state index contributed by atoms with van der Waals surface area (Å²) in [6, 6.07) is 10.2. The Morgan fingerprint density at radius 1 is 1.14 bits per heavy atom. The lowest BCUT2D eigenvalue weighted by molar-refractivity contribution is 0.0819. The van der Waals surface area contributed by atoms with Crippen LogP contribution in [-0.4, -0.2) is 42.4 Å². The van der Waals surface area contributed by atoms with Crippen LogP contribution in [0.3, 0.4) is 0 Å². The van der Waals surface area contributed by atoms with Crippen LogP contribution < -0.4 is 0 Å². The van der Waals surface area contributed by atoms with Crippen molar-refractivity contribution in [2.75, 3.05) is 6.61 Å². The van der Waals surface area contributed by atoms with Crippen LogP contribution in [0.2, 0.25) is 0 Å². The van der Waals surface area contributed by atoms with E-state index >= 15 is 0 Å². The van der Waals surface area contributed by atoms with E-state index in [0.29, 0.717) is 11.2 Å². The number of hydrogen-bond acceptors (Lipinski definition) is 6. The van der Waals surface area contributed by atoms with Crippen molar-refractivity contribution in [1.82, 2.24) is 19.5 Å². The minimum atomic E-state index is -0.826. The molecular formula is C15H16N4O2S. The van der Waals surface area contributed by atoms with E-state index in [9.17, 15) is 5.11 Å². The molecule has 2 N–H and O–H groups in total. The summed E-state index contributed by atoms with van der Waals surface area (Å²) in [5, 5.41) is 19.3. The molecule has 1 atom stereocenters. The van der Waals surface area contributed by atoms with Crippen molar-refractivity contribution < 1.29 is 10.2 Å². The van der Waals surface area contributed by atoms with Gasteiger partial charge in [-0.1, -0.05) is 42.1 Å². The van der Waals surface area contributed by atoms with Gasteiger partial charge in [0.1, 0.15) is 16.9 Å². The molecule has 1 aromatic carbocycles. The van der Waals surface area contributed by atoms with Gasteiger partial charge in [-0.15, -0.1) is 0 Å². The second-order valence-corrected chi connectivity index (χ2v) is 5.82. The predicted molar refractivity (Wildman–Crippen MR) is 84.4 cm³/mol. The Labute approximate surface area is 131 Å². The number of aliphatic hydroxyl groups excluding tert-OH is 2. The summed E-state index contributed by atoms with van der Waals surface area (Å²) in [5.41, 5.74) is 2.60. The number of rotatable bonds is 6. The van der Waals surface area contributed by atoms with Crippen molar-refractivity contribution in [1.29, 1.82) is 0 Å². The van der Waals surface area contributed by atoms with Crippen LogP contribution in [0.15, 0.2) is 48.0 Å². The smallest absolute Gasteiger partial charge is 0.164 e. The second-order valence-electron chi connectivity index (χ2n) is 4.86. The first-order valence-corrected chi connectivity index (χ1v) is 7.88. The van der Waals surface area contributed by atoms with Crippen LogP contribution >= 0.6 is 11.8 Å². The maximum atomic E-state index is 9.56. The number of benzene rings is 1. The summed E-state index contributed by atoms with van der Waals surface area (Å²) < 4.78 is 1.73. The van der Waals surface area contributed by atoms with Gasteiger partial charge in [0.05, 0.1) is 25.6 Å². The topological polar surface area (TPSA) is 84.1 Å². The van der Waals surface area contributed by atoms with Gasteiger partial charge in [-0.25, -0.2) is 15.0 Å². The Balaban J connectivity index is 1.82. The van der Waals surface area contributed by atoms with Crippen LogP contribution in [0.5, 0.6) is 0 Å². The highest BCUT2D eigenvalue weighted by Gasteiger charge is 2.12. The van der Waals surface area contributed by atoms with Gasteiger partial charge in [-0.3, -0.25) is 0 Å². The van der Waals surface area contributed by atoms with Crippen LogP contribution in [0.4, 0.5) is 0 Å². The zero-order valence-corrected chi connectivity index (χ0v) is 12.6. The Morgan fingerprint density at radius 3 is 2.73 bits per heavy atom. The Morgan fingerprint density at radius 2 is 1.95 bits per heavy atom. The summed E-state index contributed by atoms with van der Waals surface area (Å²) in [6.07, 6.45) is 2.29. The molecule has 0 aliphatic heterocycles. The molecule has 7 heteroatoms. The molecule has 0 aliphatic rings. The van der Waals surface area contributed by atoms with Crippen molar-refractivity contribution in [2.45, 2.75) is 23.4 Å². The molecular weight excluding hydrogens is 300 g/mol. The van der Waals surface area contributed by atoms with E-state index in [0.717, 1.165) is 10.8 Å². The van der Waals surface area contributed by atoms with Crippen molar-refractivity contribution in [3.63, 3.8) is 0 Å². The molecule has 114 valence electrons. The van der Waals surface area contributed by atoms with Crippen molar-refractivity contribution in [3.05, 3.63) is 48.5 Å². The molecule has 0 spiro atoms. The molecule has 0 radical (unpaired) electrons. The summed E-state index contributed by atoms with van der Waals surface area (Å²) in [4.78, 5) is 12.9. The number of hydrogen-bond donors (Lipinski definition) is 2. The largest absolute Gasteiger partial charge is 0.394 e. The molecule has 0 saturated carbocycles. The SMILES string of the molecule is OCC(O)Cn1cnc2c(SCc3ccccc3)ncnc21. The van der Waals surface area contributed by atoms with Gasteiger partial charge in [0.15, 0.2) is 5.65 Å². The van der Waals surface area contributed by atoms with Crippen LogP contribution in [-0.2, 0) is 12.3 Å². The van der Waals surface area contributed by atoms with E-state index in [4.69, 9.17) is 5.11 Å². The maximum Gasteiger partial charge on any atom is 0.164 e. The number of aliphatic hydroxyl groups is 2. The first kappa shape index (κ1) is 15.0. The molecule has 6 nitrogen and oxygen atoms in total. The van der Waals surface area contributed by atoms with E-state index in [2.05, 4.69) is 27.1 Å². The molecule has 22 heavy (non-hydrogen) atoms. The zero-order chi connectivity index (χ0) is 15.4.